The minimum atomic E-state index is -0.260. The molecule has 3 heteroatoms. The molecular weight excluding hydrogens is 166 g/mol. The predicted molar refractivity (Wildman–Crippen MR) is 51.4 cm³/mol. The first-order valence-electron chi connectivity index (χ1n) is 5.00. The van der Waals surface area contributed by atoms with Crippen LogP contribution in [-0.4, -0.2) is 25.5 Å². The maximum absolute atomic E-state index is 10.3. The third-order valence-corrected chi connectivity index (χ3v) is 2.91. The van der Waals surface area contributed by atoms with E-state index < -0.39 is 0 Å². The normalized spacial score (nSPS) is 31.2. The molecule has 0 saturated heterocycles. The lowest BCUT2D eigenvalue weighted by molar-refractivity contribution is -0.109. The standard InChI is InChI=1S/C10H19NO2/c1-13-10-4-2-8(3-5-10)6-9(11)7-12/h7-10H,2-6,11H2,1H3/t8?,9-,10?/m0/s1. The van der Waals surface area contributed by atoms with Crippen LogP contribution in [0.25, 0.3) is 0 Å². The zero-order valence-corrected chi connectivity index (χ0v) is 8.24. The van der Waals surface area contributed by atoms with Gasteiger partial charge in [-0.3, -0.25) is 0 Å². The Morgan fingerprint density at radius 2 is 2.08 bits per heavy atom. The van der Waals surface area contributed by atoms with E-state index in [2.05, 4.69) is 0 Å². The molecule has 1 rings (SSSR count). The third-order valence-electron chi connectivity index (χ3n) is 2.91. The lowest BCUT2D eigenvalue weighted by Gasteiger charge is -2.28. The first kappa shape index (κ1) is 10.7. The van der Waals surface area contributed by atoms with E-state index in [1.807, 2.05) is 0 Å². The van der Waals surface area contributed by atoms with Crippen LogP contribution < -0.4 is 5.73 Å². The van der Waals surface area contributed by atoms with E-state index in [9.17, 15) is 4.79 Å². The minimum Gasteiger partial charge on any atom is -0.381 e. The number of hydrogen-bond acceptors (Lipinski definition) is 3. The maximum Gasteiger partial charge on any atom is 0.136 e. The zero-order valence-electron chi connectivity index (χ0n) is 8.24. The highest BCUT2D eigenvalue weighted by atomic mass is 16.5. The average Bonchev–Trinajstić information content (AvgIpc) is 2.19. The molecule has 0 radical (unpaired) electrons. The van der Waals surface area contributed by atoms with Gasteiger partial charge < -0.3 is 15.3 Å². The summed E-state index contributed by atoms with van der Waals surface area (Å²) in [6.07, 6.45) is 6.67. The van der Waals surface area contributed by atoms with Crippen molar-refractivity contribution < 1.29 is 9.53 Å². The van der Waals surface area contributed by atoms with Crippen molar-refractivity contribution in [3.63, 3.8) is 0 Å². The molecule has 1 aliphatic carbocycles. The first-order chi connectivity index (χ1) is 6.26. The summed E-state index contributed by atoms with van der Waals surface area (Å²) in [7, 11) is 1.77. The third kappa shape index (κ3) is 3.44. The minimum absolute atomic E-state index is 0.260. The summed E-state index contributed by atoms with van der Waals surface area (Å²) in [5.74, 6) is 0.631. The van der Waals surface area contributed by atoms with Gasteiger partial charge in [-0.05, 0) is 38.0 Å². The van der Waals surface area contributed by atoms with Crippen molar-refractivity contribution in [1.82, 2.24) is 0 Å². The van der Waals surface area contributed by atoms with Crippen LogP contribution in [0.3, 0.4) is 0 Å². The summed E-state index contributed by atoms with van der Waals surface area (Å²) in [5.41, 5.74) is 5.57. The molecule has 0 spiro atoms. The Balaban J connectivity index is 2.21. The van der Waals surface area contributed by atoms with E-state index in [1.165, 1.54) is 0 Å². The maximum atomic E-state index is 10.3. The van der Waals surface area contributed by atoms with Gasteiger partial charge in [0, 0.05) is 7.11 Å². The Kier molecular flexibility index (Phi) is 4.39. The fourth-order valence-electron chi connectivity index (χ4n) is 2.04. The van der Waals surface area contributed by atoms with Crippen LogP contribution in [0.5, 0.6) is 0 Å². The number of nitrogens with two attached hydrogens (primary N) is 1. The van der Waals surface area contributed by atoms with Gasteiger partial charge in [-0.25, -0.2) is 0 Å². The number of carbonyl (C=O) groups excluding carboxylic acids is 1. The van der Waals surface area contributed by atoms with Gasteiger partial charge in [-0.1, -0.05) is 0 Å². The van der Waals surface area contributed by atoms with Crippen molar-refractivity contribution in [1.29, 1.82) is 0 Å². The van der Waals surface area contributed by atoms with Gasteiger partial charge in [0.05, 0.1) is 12.1 Å². The average molecular weight is 185 g/mol. The molecule has 1 aliphatic rings. The van der Waals surface area contributed by atoms with E-state index in [1.54, 1.807) is 7.11 Å². The van der Waals surface area contributed by atoms with E-state index in [-0.39, 0.29) is 6.04 Å². The number of methoxy groups -OCH3 is 1. The van der Waals surface area contributed by atoms with Gasteiger partial charge >= 0.3 is 0 Å². The highest BCUT2D eigenvalue weighted by Gasteiger charge is 2.22. The SMILES string of the molecule is COC1CCC(C[C@H](N)C=O)CC1. The molecule has 2 N–H and O–H groups in total. The molecule has 13 heavy (non-hydrogen) atoms. The predicted octanol–water partition coefficient (Wildman–Crippen LogP) is 1.11. The van der Waals surface area contributed by atoms with E-state index in [0.717, 1.165) is 38.4 Å². The number of carbonyl (C=O) groups is 1. The van der Waals surface area contributed by atoms with Crippen LogP contribution >= 0.6 is 0 Å². The summed E-state index contributed by atoms with van der Waals surface area (Å²) < 4.78 is 5.27. The molecule has 76 valence electrons. The second-order valence-corrected chi connectivity index (χ2v) is 3.91. The van der Waals surface area contributed by atoms with Gasteiger partial charge in [0.15, 0.2) is 0 Å². The quantitative estimate of drug-likeness (QED) is 0.667. The highest BCUT2D eigenvalue weighted by molar-refractivity contribution is 5.56. The Hall–Kier alpha value is -0.410. The number of rotatable bonds is 4. The van der Waals surface area contributed by atoms with Gasteiger partial charge in [0.25, 0.3) is 0 Å². The second-order valence-electron chi connectivity index (χ2n) is 3.91. The lowest BCUT2D eigenvalue weighted by atomic mass is 9.84. The van der Waals surface area contributed by atoms with Crippen molar-refractivity contribution in [2.45, 2.75) is 44.2 Å². The Morgan fingerprint density at radius 3 is 2.54 bits per heavy atom. The summed E-state index contributed by atoms with van der Waals surface area (Å²) >= 11 is 0. The fourth-order valence-corrected chi connectivity index (χ4v) is 2.04. The first-order valence-corrected chi connectivity index (χ1v) is 5.00. The highest BCUT2D eigenvalue weighted by Crippen LogP contribution is 2.28. The largest absolute Gasteiger partial charge is 0.381 e. The van der Waals surface area contributed by atoms with Gasteiger partial charge in [-0.2, -0.15) is 0 Å². The molecule has 0 aliphatic heterocycles. The molecule has 0 unspecified atom stereocenters. The smallest absolute Gasteiger partial charge is 0.136 e. The van der Waals surface area contributed by atoms with Crippen LogP contribution in [-0.2, 0) is 9.53 Å². The van der Waals surface area contributed by atoms with Crippen molar-refractivity contribution in [2.75, 3.05) is 7.11 Å². The molecule has 0 aromatic heterocycles. The fraction of sp³-hybridized carbons (Fsp3) is 0.900. The van der Waals surface area contributed by atoms with E-state index >= 15 is 0 Å². The number of hydrogen-bond donors (Lipinski definition) is 1. The molecule has 1 saturated carbocycles. The van der Waals surface area contributed by atoms with Crippen molar-refractivity contribution in [2.24, 2.45) is 11.7 Å². The number of aldehydes is 1. The zero-order chi connectivity index (χ0) is 9.68. The summed E-state index contributed by atoms with van der Waals surface area (Å²) in [4.78, 5) is 10.3. The number of ether oxygens (including phenoxy) is 1. The molecule has 0 aromatic rings. The van der Waals surface area contributed by atoms with Gasteiger partial charge in [-0.15, -0.1) is 0 Å². The molecule has 0 amide bonds. The van der Waals surface area contributed by atoms with Crippen LogP contribution in [0.2, 0.25) is 0 Å². The molecular formula is C10H19NO2. The Bertz CT molecular complexity index is 153. The monoisotopic (exact) mass is 185 g/mol. The second kappa shape index (κ2) is 5.35. The molecule has 1 fully saturated rings. The van der Waals surface area contributed by atoms with Crippen molar-refractivity contribution in [3.05, 3.63) is 0 Å². The lowest BCUT2D eigenvalue weighted by Crippen LogP contribution is -2.28. The molecule has 0 heterocycles. The Morgan fingerprint density at radius 1 is 1.46 bits per heavy atom. The van der Waals surface area contributed by atoms with Gasteiger partial charge in [0.2, 0.25) is 0 Å². The van der Waals surface area contributed by atoms with Crippen LogP contribution in [0, 0.1) is 5.92 Å². The van der Waals surface area contributed by atoms with Crippen molar-refractivity contribution in [3.8, 4) is 0 Å². The van der Waals surface area contributed by atoms with Crippen LogP contribution in [0.15, 0.2) is 0 Å². The van der Waals surface area contributed by atoms with Crippen LogP contribution in [0.1, 0.15) is 32.1 Å². The summed E-state index contributed by atoms with van der Waals surface area (Å²) in [5, 5.41) is 0. The van der Waals surface area contributed by atoms with E-state index in [0.29, 0.717) is 12.0 Å². The molecule has 0 bridgehead atoms. The summed E-state index contributed by atoms with van der Waals surface area (Å²) in [6.45, 7) is 0. The summed E-state index contributed by atoms with van der Waals surface area (Å²) in [6, 6.07) is -0.260. The van der Waals surface area contributed by atoms with Crippen molar-refractivity contribution >= 4 is 6.29 Å². The Labute approximate surface area is 79.6 Å². The molecule has 0 aromatic carbocycles. The van der Waals surface area contributed by atoms with E-state index in [4.69, 9.17) is 10.5 Å². The van der Waals surface area contributed by atoms with Crippen LogP contribution in [0.4, 0.5) is 0 Å². The van der Waals surface area contributed by atoms with Gasteiger partial charge in [0.1, 0.15) is 6.29 Å². The molecule has 1 atom stereocenters. The topological polar surface area (TPSA) is 52.3 Å². The molecule has 3 nitrogen and oxygen atoms in total.